The van der Waals surface area contributed by atoms with Gasteiger partial charge in [-0.15, -0.1) is 11.3 Å². The quantitative estimate of drug-likeness (QED) is 0.285. The van der Waals surface area contributed by atoms with Crippen molar-refractivity contribution in [3.8, 4) is 22.4 Å². The number of carbonyl (C=O) groups excluding carboxylic acids is 2. The van der Waals surface area contributed by atoms with Crippen LogP contribution in [0.4, 0.5) is 5.82 Å². The lowest BCUT2D eigenvalue weighted by Crippen LogP contribution is -2.26. The third-order valence-electron chi connectivity index (χ3n) is 5.50. The van der Waals surface area contributed by atoms with Gasteiger partial charge in [-0.25, -0.2) is 4.98 Å². The predicted molar refractivity (Wildman–Crippen MR) is 140 cm³/mol. The van der Waals surface area contributed by atoms with Crippen LogP contribution in [0, 0.1) is 0 Å². The highest BCUT2D eigenvalue weighted by atomic mass is 35.5. The summed E-state index contributed by atoms with van der Waals surface area (Å²) >= 11 is 7.45. The molecule has 5 aromatic rings. The first-order chi connectivity index (χ1) is 18.4. The summed E-state index contributed by atoms with van der Waals surface area (Å²) in [6, 6.07) is 10.4. The number of carbonyl (C=O) groups is 2. The minimum atomic E-state index is -0.593. The number of methoxy groups -OCH3 is 1. The first-order valence-electron chi connectivity index (χ1n) is 11.2. The van der Waals surface area contributed by atoms with E-state index in [1.54, 1.807) is 42.7 Å². The van der Waals surface area contributed by atoms with Crippen molar-refractivity contribution in [3.05, 3.63) is 92.9 Å². The molecule has 0 aliphatic rings. The van der Waals surface area contributed by atoms with Crippen molar-refractivity contribution in [2.24, 2.45) is 0 Å². The highest BCUT2D eigenvalue weighted by molar-refractivity contribution is 7.16. The van der Waals surface area contributed by atoms with E-state index in [4.69, 9.17) is 20.8 Å². The van der Waals surface area contributed by atoms with Crippen LogP contribution in [0.5, 0.6) is 0 Å². The number of nitrogens with one attached hydrogen (secondary N) is 1. The summed E-state index contributed by atoms with van der Waals surface area (Å²) in [5, 5.41) is 7.71. The molecule has 38 heavy (non-hydrogen) atoms. The molecule has 0 saturated heterocycles. The number of aromatic nitrogens is 5. The lowest BCUT2D eigenvalue weighted by atomic mass is 10.1. The fourth-order valence-electron chi connectivity index (χ4n) is 3.68. The highest BCUT2D eigenvalue weighted by Crippen LogP contribution is 2.27. The van der Waals surface area contributed by atoms with Gasteiger partial charge >= 0.3 is 11.9 Å². The number of hydrogen-bond acceptors (Lipinski definition) is 10. The molecule has 5 heterocycles. The molecule has 192 valence electrons. The number of halogens is 1. The van der Waals surface area contributed by atoms with Gasteiger partial charge in [-0.2, -0.15) is 9.78 Å². The molecular weight excluding hydrogens is 532 g/mol. The fraction of sp³-hybridized carbons (Fsp3) is 0.120. The van der Waals surface area contributed by atoms with Crippen LogP contribution in [0.2, 0.25) is 4.34 Å². The van der Waals surface area contributed by atoms with Crippen molar-refractivity contribution >= 4 is 40.6 Å². The van der Waals surface area contributed by atoms with E-state index in [1.165, 1.54) is 35.4 Å². The summed E-state index contributed by atoms with van der Waals surface area (Å²) in [6.45, 7) is 0.0767. The van der Waals surface area contributed by atoms with Gasteiger partial charge in [0.1, 0.15) is 12.4 Å². The highest BCUT2D eigenvalue weighted by Gasteiger charge is 2.21. The molecule has 5 aromatic heterocycles. The standard InChI is InChI=1S/C25H19ClN6O5S/c1-36-23(33)13-31-12-16(7-18(24(31)34)15-3-2-6-27-9-15)19-8-22(29-10-17-4-5-21(26)38-17)32(30-19)25(35)20-11-28-14-37-20/h2-9,11-12,14,29H,10,13H2,1H3. The second kappa shape index (κ2) is 10.8. The second-order valence-electron chi connectivity index (χ2n) is 7.95. The van der Waals surface area contributed by atoms with Crippen molar-refractivity contribution in [2.75, 3.05) is 12.4 Å². The molecule has 0 atom stereocenters. The smallest absolute Gasteiger partial charge is 0.325 e. The Bertz CT molecular complexity index is 1660. The normalized spacial score (nSPS) is 10.9. The van der Waals surface area contributed by atoms with Gasteiger partial charge in [-0.05, 0) is 24.3 Å². The van der Waals surface area contributed by atoms with E-state index in [1.807, 2.05) is 6.07 Å². The van der Waals surface area contributed by atoms with Crippen molar-refractivity contribution in [3.63, 3.8) is 0 Å². The lowest BCUT2D eigenvalue weighted by molar-refractivity contribution is -0.141. The molecule has 0 spiro atoms. The summed E-state index contributed by atoms with van der Waals surface area (Å²) in [7, 11) is 1.24. The van der Waals surface area contributed by atoms with Crippen LogP contribution < -0.4 is 10.9 Å². The molecule has 13 heteroatoms. The van der Waals surface area contributed by atoms with Crippen LogP contribution in [-0.4, -0.2) is 43.3 Å². The predicted octanol–water partition coefficient (Wildman–Crippen LogP) is 3.95. The number of rotatable bonds is 8. The molecule has 0 aromatic carbocycles. The maximum atomic E-state index is 13.2. The van der Waals surface area contributed by atoms with E-state index in [0.717, 1.165) is 16.0 Å². The number of thiophene rings is 1. The third-order valence-corrected chi connectivity index (χ3v) is 6.73. The number of ether oxygens (including phenoxy) is 1. The minimum absolute atomic E-state index is 0.00595. The van der Waals surface area contributed by atoms with Gasteiger partial charge in [0.15, 0.2) is 6.39 Å². The van der Waals surface area contributed by atoms with E-state index in [9.17, 15) is 14.4 Å². The van der Waals surface area contributed by atoms with Gasteiger partial charge in [0.05, 0.1) is 29.9 Å². The molecule has 5 rings (SSSR count). The lowest BCUT2D eigenvalue weighted by Gasteiger charge is -2.10. The zero-order valence-corrected chi connectivity index (χ0v) is 21.4. The molecule has 0 amide bonds. The topological polar surface area (TPSA) is 134 Å². The molecule has 0 bridgehead atoms. The Balaban J connectivity index is 1.61. The Kier molecular flexibility index (Phi) is 7.15. The van der Waals surface area contributed by atoms with Gasteiger partial charge in [0.2, 0.25) is 5.76 Å². The average Bonchev–Trinajstić information content (AvgIpc) is 3.70. The van der Waals surface area contributed by atoms with E-state index >= 15 is 0 Å². The molecule has 0 fully saturated rings. The number of hydrogen-bond donors (Lipinski definition) is 1. The SMILES string of the molecule is COC(=O)Cn1cc(-c2cc(NCc3ccc(Cl)s3)n(C(=O)c3cnco3)n2)cc(-c2cccnc2)c1=O. The van der Waals surface area contributed by atoms with E-state index < -0.39 is 17.4 Å². The van der Waals surface area contributed by atoms with Crippen molar-refractivity contribution in [2.45, 2.75) is 13.1 Å². The number of nitrogens with zero attached hydrogens (tertiary/aromatic N) is 5. The zero-order chi connectivity index (χ0) is 26.6. The van der Waals surface area contributed by atoms with Crippen molar-refractivity contribution in [1.29, 1.82) is 0 Å². The molecule has 1 N–H and O–H groups in total. The van der Waals surface area contributed by atoms with Crippen LogP contribution in [0.25, 0.3) is 22.4 Å². The monoisotopic (exact) mass is 550 g/mol. The molecule has 0 unspecified atom stereocenters. The van der Waals surface area contributed by atoms with Crippen LogP contribution in [-0.2, 0) is 22.6 Å². The number of esters is 1. The Morgan fingerprint density at radius 2 is 2.03 bits per heavy atom. The second-order valence-corrected chi connectivity index (χ2v) is 9.75. The summed E-state index contributed by atoms with van der Waals surface area (Å²) < 4.78 is 13.0. The molecule has 0 radical (unpaired) electrons. The Labute approximate surface area is 224 Å². The summed E-state index contributed by atoms with van der Waals surface area (Å²) in [6.07, 6.45) is 7.09. The van der Waals surface area contributed by atoms with Gasteiger partial charge in [-0.1, -0.05) is 17.7 Å². The zero-order valence-electron chi connectivity index (χ0n) is 19.8. The Hall–Kier alpha value is -4.55. The number of oxazole rings is 1. The summed E-state index contributed by atoms with van der Waals surface area (Å²) in [5.41, 5.74) is 1.31. The third kappa shape index (κ3) is 5.26. The van der Waals surface area contributed by atoms with Gasteiger partial charge in [0, 0.05) is 46.2 Å². The Morgan fingerprint density at radius 3 is 2.71 bits per heavy atom. The molecule has 0 aliphatic heterocycles. The summed E-state index contributed by atoms with van der Waals surface area (Å²) in [5.74, 6) is -0.770. The first-order valence-corrected chi connectivity index (χ1v) is 12.4. The number of anilines is 1. The minimum Gasteiger partial charge on any atom is -0.468 e. The largest absolute Gasteiger partial charge is 0.468 e. The van der Waals surface area contributed by atoms with Crippen LogP contribution in [0.15, 0.2) is 76.8 Å². The molecule has 0 aliphatic carbocycles. The first kappa shape index (κ1) is 25.1. The van der Waals surface area contributed by atoms with Crippen molar-refractivity contribution < 1.29 is 18.7 Å². The Morgan fingerprint density at radius 1 is 1.16 bits per heavy atom. The van der Waals surface area contributed by atoms with Gasteiger partial charge in [-0.3, -0.25) is 19.4 Å². The molecule has 11 nitrogen and oxygen atoms in total. The number of pyridine rings is 2. The maximum absolute atomic E-state index is 13.2. The van der Waals surface area contributed by atoms with Crippen LogP contribution >= 0.6 is 22.9 Å². The maximum Gasteiger partial charge on any atom is 0.325 e. The van der Waals surface area contributed by atoms with E-state index in [0.29, 0.717) is 39.1 Å². The van der Waals surface area contributed by atoms with Crippen LogP contribution in [0.3, 0.4) is 0 Å². The fourth-order valence-corrected chi connectivity index (χ4v) is 4.71. The molecule has 0 saturated carbocycles. The van der Waals surface area contributed by atoms with Gasteiger partial charge in [0.25, 0.3) is 5.56 Å². The van der Waals surface area contributed by atoms with Crippen molar-refractivity contribution in [1.82, 2.24) is 24.3 Å². The van der Waals surface area contributed by atoms with E-state index in [-0.39, 0.29) is 12.3 Å². The average molecular weight is 551 g/mol. The van der Waals surface area contributed by atoms with E-state index in [2.05, 4.69) is 20.4 Å². The molecular formula is C25H19ClN6O5S. The summed E-state index contributed by atoms with van der Waals surface area (Å²) in [4.78, 5) is 47.3. The van der Waals surface area contributed by atoms with Gasteiger partial charge < -0.3 is 19.0 Å². The van der Waals surface area contributed by atoms with Crippen LogP contribution in [0.1, 0.15) is 15.4 Å².